The van der Waals surface area contributed by atoms with Crippen molar-refractivity contribution in [3.05, 3.63) is 34.3 Å². The Kier molecular flexibility index (Phi) is 4.41. The van der Waals surface area contributed by atoms with Crippen molar-refractivity contribution in [2.24, 2.45) is 5.92 Å². The van der Waals surface area contributed by atoms with E-state index < -0.39 is 0 Å². The van der Waals surface area contributed by atoms with Crippen molar-refractivity contribution in [2.75, 3.05) is 19.6 Å². The van der Waals surface area contributed by atoms with Crippen molar-refractivity contribution in [1.82, 2.24) is 21.1 Å². The molecule has 1 aromatic carbocycles. The molecule has 4 atom stereocenters. The summed E-state index contributed by atoms with van der Waals surface area (Å²) in [5.41, 5.74) is 7.83. The van der Waals surface area contributed by atoms with E-state index in [1.54, 1.807) is 0 Å². The van der Waals surface area contributed by atoms with E-state index >= 15 is 0 Å². The Morgan fingerprint density at radius 2 is 2.17 bits per heavy atom. The van der Waals surface area contributed by atoms with E-state index in [1.165, 1.54) is 5.56 Å². The van der Waals surface area contributed by atoms with E-state index in [0.717, 1.165) is 43.4 Å². The Balaban J connectivity index is 1.53. The van der Waals surface area contributed by atoms with Crippen LogP contribution in [0.25, 0.3) is 0 Å². The largest absolute Gasteiger partial charge is 0.334 e. The van der Waals surface area contributed by atoms with Crippen LogP contribution in [0, 0.1) is 5.92 Å². The third-order valence-corrected chi connectivity index (χ3v) is 5.91. The number of fused-ring (bicyclic) bond motifs is 1. The first-order valence-electron chi connectivity index (χ1n) is 8.52. The number of amides is 1. The van der Waals surface area contributed by atoms with Crippen molar-refractivity contribution in [3.8, 4) is 0 Å². The molecule has 0 spiro atoms. The molecular weight excluding hydrogens is 356 g/mol. The zero-order valence-electron chi connectivity index (χ0n) is 13.1. The first-order valence-corrected chi connectivity index (χ1v) is 9.31. The first kappa shape index (κ1) is 15.6. The summed E-state index contributed by atoms with van der Waals surface area (Å²) in [6.07, 6.45) is 3.21. The van der Waals surface area contributed by atoms with Gasteiger partial charge in [0, 0.05) is 29.5 Å². The second-order valence-corrected chi connectivity index (χ2v) is 7.69. The number of hydrazine groups is 1. The molecule has 6 heteroatoms. The fraction of sp³-hybridized carbons (Fsp3) is 0.588. The Bertz CT molecular complexity index is 596. The molecule has 3 aliphatic heterocycles. The highest BCUT2D eigenvalue weighted by Gasteiger charge is 2.44. The molecule has 0 bridgehead atoms. The average Bonchev–Trinajstić information content (AvgIpc) is 3.21. The van der Waals surface area contributed by atoms with Crippen molar-refractivity contribution in [2.45, 2.75) is 37.4 Å². The maximum Gasteiger partial charge on any atom is 0.241 e. The van der Waals surface area contributed by atoms with Gasteiger partial charge in [-0.15, -0.1) is 0 Å². The number of carbonyl (C=O) groups excluding carboxylic acids is 1. The Morgan fingerprint density at radius 1 is 1.26 bits per heavy atom. The predicted molar refractivity (Wildman–Crippen MR) is 92.7 cm³/mol. The van der Waals surface area contributed by atoms with Crippen molar-refractivity contribution in [3.63, 3.8) is 0 Å². The number of carbonyl (C=O) groups is 1. The summed E-state index contributed by atoms with van der Waals surface area (Å²) < 4.78 is 1.08. The minimum atomic E-state index is -0.111. The number of hydrogen-bond donors (Lipinski definition) is 3. The molecule has 1 amide bonds. The highest BCUT2D eigenvalue weighted by molar-refractivity contribution is 9.10. The van der Waals surface area contributed by atoms with Crippen molar-refractivity contribution >= 4 is 21.8 Å². The third kappa shape index (κ3) is 2.93. The Morgan fingerprint density at radius 3 is 3.04 bits per heavy atom. The van der Waals surface area contributed by atoms with Crippen LogP contribution in [0.2, 0.25) is 0 Å². The number of benzene rings is 1. The highest BCUT2D eigenvalue weighted by Crippen LogP contribution is 2.35. The van der Waals surface area contributed by atoms with Gasteiger partial charge in [0.05, 0.1) is 6.04 Å². The Labute approximate surface area is 145 Å². The average molecular weight is 379 g/mol. The van der Waals surface area contributed by atoms with E-state index in [2.05, 4.69) is 55.2 Å². The quantitative estimate of drug-likeness (QED) is 0.730. The fourth-order valence-corrected chi connectivity index (χ4v) is 4.65. The monoisotopic (exact) mass is 378 g/mol. The fourth-order valence-electron chi connectivity index (χ4n) is 4.23. The van der Waals surface area contributed by atoms with Crippen molar-refractivity contribution in [1.29, 1.82) is 0 Å². The molecule has 0 aliphatic carbocycles. The van der Waals surface area contributed by atoms with Crippen LogP contribution in [-0.4, -0.2) is 42.5 Å². The lowest BCUT2D eigenvalue weighted by Crippen LogP contribution is -2.50. The summed E-state index contributed by atoms with van der Waals surface area (Å²) in [6.45, 7) is 2.80. The van der Waals surface area contributed by atoms with E-state index in [9.17, 15) is 4.79 Å². The summed E-state index contributed by atoms with van der Waals surface area (Å²) in [5, 5.41) is 3.43. The lowest BCUT2D eigenvalue weighted by atomic mass is 9.88. The van der Waals surface area contributed by atoms with Gasteiger partial charge in [-0.3, -0.25) is 10.2 Å². The van der Waals surface area contributed by atoms with Crippen LogP contribution in [0.5, 0.6) is 0 Å². The van der Waals surface area contributed by atoms with Gasteiger partial charge >= 0.3 is 0 Å². The van der Waals surface area contributed by atoms with Gasteiger partial charge in [-0.1, -0.05) is 28.1 Å². The van der Waals surface area contributed by atoms with E-state index in [0.29, 0.717) is 12.0 Å². The summed E-state index contributed by atoms with van der Waals surface area (Å²) in [4.78, 5) is 15.2. The van der Waals surface area contributed by atoms with Crippen LogP contribution in [0.3, 0.4) is 0 Å². The van der Waals surface area contributed by atoms with Crippen LogP contribution in [0.15, 0.2) is 28.7 Å². The molecule has 3 heterocycles. The summed E-state index contributed by atoms with van der Waals surface area (Å²) in [5.74, 6) is 0.594. The second kappa shape index (κ2) is 6.51. The molecule has 3 saturated heterocycles. The predicted octanol–water partition coefficient (Wildman–Crippen LogP) is 1.57. The molecule has 3 aliphatic rings. The molecule has 4 unspecified atom stereocenters. The molecule has 0 radical (unpaired) electrons. The molecular formula is C17H23BrN4O. The van der Waals surface area contributed by atoms with Crippen LogP contribution in [0.1, 0.15) is 30.9 Å². The molecule has 5 nitrogen and oxygen atoms in total. The molecule has 23 heavy (non-hydrogen) atoms. The van der Waals surface area contributed by atoms with E-state index in [1.807, 2.05) is 6.07 Å². The number of halogens is 1. The van der Waals surface area contributed by atoms with Gasteiger partial charge in [-0.25, -0.2) is 5.43 Å². The van der Waals surface area contributed by atoms with Crippen LogP contribution >= 0.6 is 15.9 Å². The molecule has 0 saturated carbocycles. The van der Waals surface area contributed by atoms with Gasteiger partial charge in [0.2, 0.25) is 5.91 Å². The maximum absolute atomic E-state index is 13.2. The SMILES string of the molecule is O=C(C1NNC2CCNCC21)N1CCCC1c1cccc(Br)c1. The topological polar surface area (TPSA) is 56.4 Å². The summed E-state index contributed by atoms with van der Waals surface area (Å²) in [7, 11) is 0. The lowest BCUT2D eigenvalue weighted by Gasteiger charge is -2.32. The van der Waals surface area contributed by atoms with E-state index in [4.69, 9.17) is 0 Å². The van der Waals surface area contributed by atoms with Gasteiger partial charge in [0.1, 0.15) is 6.04 Å². The number of rotatable bonds is 2. The van der Waals surface area contributed by atoms with Gasteiger partial charge in [0.15, 0.2) is 0 Å². The molecule has 4 rings (SSSR count). The number of nitrogens with zero attached hydrogens (tertiary/aromatic N) is 1. The van der Waals surface area contributed by atoms with Crippen molar-refractivity contribution < 1.29 is 4.79 Å². The molecule has 124 valence electrons. The number of likely N-dealkylation sites (tertiary alicyclic amines) is 1. The number of hydrogen-bond acceptors (Lipinski definition) is 4. The zero-order chi connectivity index (χ0) is 15.8. The van der Waals surface area contributed by atoms with Gasteiger partial charge in [-0.05, 0) is 43.5 Å². The third-order valence-electron chi connectivity index (χ3n) is 5.42. The van der Waals surface area contributed by atoms with Gasteiger partial charge in [0.25, 0.3) is 0 Å². The molecule has 3 N–H and O–H groups in total. The van der Waals surface area contributed by atoms with Crippen LogP contribution in [0.4, 0.5) is 0 Å². The molecule has 1 aromatic rings. The first-order chi connectivity index (χ1) is 11.2. The number of piperidine rings is 1. The number of nitrogens with one attached hydrogen (secondary N) is 3. The second-order valence-electron chi connectivity index (χ2n) is 6.77. The lowest BCUT2D eigenvalue weighted by molar-refractivity contribution is -0.135. The molecule has 0 aromatic heterocycles. The minimum Gasteiger partial charge on any atom is -0.334 e. The van der Waals surface area contributed by atoms with Gasteiger partial charge < -0.3 is 10.2 Å². The van der Waals surface area contributed by atoms with Crippen LogP contribution < -0.4 is 16.2 Å². The normalized spacial score (nSPS) is 33.7. The maximum atomic E-state index is 13.2. The standard InChI is InChI=1S/C17H23BrN4O/c18-12-4-1-3-11(9-12)15-5-2-8-22(15)17(23)16-13-10-19-7-6-14(13)20-21-16/h1,3-4,9,13-16,19-21H,2,5-8,10H2. The minimum absolute atomic E-state index is 0.111. The Hall–Kier alpha value is -0.950. The highest BCUT2D eigenvalue weighted by atomic mass is 79.9. The van der Waals surface area contributed by atoms with Crippen LogP contribution in [-0.2, 0) is 4.79 Å². The smallest absolute Gasteiger partial charge is 0.241 e. The zero-order valence-corrected chi connectivity index (χ0v) is 14.7. The summed E-state index contributed by atoms with van der Waals surface area (Å²) in [6, 6.07) is 8.87. The van der Waals surface area contributed by atoms with E-state index in [-0.39, 0.29) is 18.0 Å². The molecule has 3 fully saturated rings. The summed E-state index contributed by atoms with van der Waals surface area (Å²) >= 11 is 3.54. The van der Waals surface area contributed by atoms with Gasteiger partial charge in [-0.2, -0.15) is 0 Å².